The van der Waals surface area contributed by atoms with Gasteiger partial charge in [-0.05, 0) is 12.1 Å². The Hall–Kier alpha value is -1.88. The molecule has 0 saturated carbocycles. The molecule has 2 aliphatic rings. The minimum atomic E-state index is -0.547. The molecule has 112 valence electrons. The molecule has 1 amide bonds. The van der Waals surface area contributed by atoms with Gasteiger partial charge < -0.3 is 14.4 Å². The molecule has 1 unspecified atom stereocenters. The quantitative estimate of drug-likeness (QED) is 0.849. The molecule has 0 aromatic heterocycles. The molecule has 1 saturated heterocycles. The van der Waals surface area contributed by atoms with Gasteiger partial charge in [-0.25, -0.2) is 0 Å². The SMILES string of the molecule is COCCC(=O)N1CCC2(CC(=O)c3ccccc3O2)C1. The maximum absolute atomic E-state index is 12.3. The van der Waals surface area contributed by atoms with Crippen LogP contribution >= 0.6 is 0 Å². The molecule has 1 atom stereocenters. The fraction of sp³-hybridized carbons (Fsp3) is 0.500. The topological polar surface area (TPSA) is 55.8 Å². The zero-order valence-corrected chi connectivity index (χ0v) is 12.1. The predicted molar refractivity (Wildman–Crippen MR) is 76.4 cm³/mol. The highest BCUT2D eigenvalue weighted by atomic mass is 16.5. The van der Waals surface area contributed by atoms with Crippen molar-refractivity contribution < 1.29 is 19.1 Å². The number of para-hydroxylation sites is 1. The van der Waals surface area contributed by atoms with Crippen LogP contribution in [0.15, 0.2) is 24.3 Å². The lowest BCUT2D eigenvalue weighted by atomic mass is 9.89. The van der Waals surface area contributed by atoms with Gasteiger partial charge in [0, 0.05) is 20.1 Å². The molecule has 0 radical (unpaired) electrons. The van der Waals surface area contributed by atoms with Crippen LogP contribution in [0.25, 0.3) is 0 Å². The first-order valence-electron chi connectivity index (χ1n) is 7.21. The lowest BCUT2D eigenvalue weighted by Crippen LogP contribution is -2.45. The second kappa shape index (κ2) is 5.48. The third kappa shape index (κ3) is 2.65. The van der Waals surface area contributed by atoms with Gasteiger partial charge in [0.25, 0.3) is 0 Å². The van der Waals surface area contributed by atoms with E-state index < -0.39 is 5.60 Å². The lowest BCUT2D eigenvalue weighted by Gasteiger charge is -2.34. The van der Waals surface area contributed by atoms with E-state index in [-0.39, 0.29) is 11.7 Å². The number of ether oxygens (including phenoxy) is 2. The molecule has 1 fully saturated rings. The van der Waals surface area contributed by atoms with Gasteiger partial charge in [-0.15, -0.1) is 0 Å². The molecule has 21 heavy (non-hydrogen) atoms. The molecular weight excluding hydrogens is 270 g/mol. The number of hydrogen-bond donors (Lipinski definition) is 0. The summed E-state index contributed by atoms with van der Waals surface area (Å²) in [6.45, 7) is 1.54. The Morgan fingerprint density at radius 1 is 1.43 bits per heavy atom. The number of methoxy groups -OCH3 is 1. The number of carbonyl (C=O) groups is 2. The highest BCUT2D eigenvalue weighted by Crippen LogP contribution is 2.38. The van der Waals surface area contributed by atoms with Gasteiger partial charge in [-0.1, -0.05) is 12.1 Å². The van der Waals surface area contributed by atoms with E-state index in [4.69, 9.17) is 9.47 Å². The monoisotopic (exact) mass is 289 g/mol. The van der Waals surface area contributed by atoms with Crippen LogP contribution in [0.4, 0.5) is 0 Å². The van der Waals surface area contributed by atoms with Crippen molar-refractivity contribution in [2.75, 3.05) is 26.8 Å². The summed E-state index contributed by atoms with van der Waals surface area (Å²) in [6.07, 6.45) is 1.42. The zero-order valence-electron chi connectivity index (χ0n) is 12.1. The van der Waals surface area contributed by atoms with Gasteiger partial charge in [0.1, 0.15) is 11.4 Å². The molecule has 2 heterocycles. The van der Waals surface area contributed by atoms with Crippen molar-refractivity contribution in [2.24, 2.45) is 0 Å². The van der Waals surface area contributed by atoms with E-state index in [0.717, 1.165) is 0 Å². The van der Waals surface area contributed by atoms with Crippen molar-refractivity contribution in [3.8, 4) is 5.75 Å². The number of ketones is 1. The number of nitrogens with zero attached hydrogens (tertiary/aromatic N) is 1. The Labute approximate surface area is 123 Å². The molecule has 3 rings (SSSR count). The predicted octanol–water partition coefficient (Wildman–Crippen LogP) is 1.66. The lowest BCUT2D eigenvalue weighted by molar-refractivity contribution is -0.131. The smallest absolute Gasteiger partial charge is 0.225 e. The Balaban J connectivity index is 1.73. The number of rotatable bonds is 3. The second-order valence-electron chi connectivity index (χ2n) is 5.69. The van der Waals surface area contributed by atoms with Crippen LogP contribution in [-0.2, 0) is 9.53 Å². The van der Waals surface area contributed by atoms with Crippen molar-refractivity contribution in [3.63, 3.8) is 0 Å². The van der Waals surface area contributed by atoms with Crippen LogP contribution in [0.5, 0.6) is 5.75 Å². The molecule has 5 nitrogen and oxygen atoms in total. The van der Waals surface area contributed by atoms with Crippen molar-refractivity contribution in [2.45, 2.75) is 24.9 Å². The van der Waals surface area contributed by atoms with E-state index in [1.807, 2.05) is 18.2 Å². The Kier molecular flexibility index (Phi) is 3.68. The van der Waals surface area contributed by atoms with Crippen molar-refractivity contribution in [1.82, 2.24) is 4.90 Å². The first-order valence-corrected chi connectivity index (χ1v) is 7.21. The molecule has 5 heteroatoms. The van der Waals surface area contributed by atoms with Crippen LogP contribution in [-0.4, -0.2) is 49.0 Å². The first-order chi connectivity index (χ1) is 10.1. The summed E-state index contributed by atoms with van der Waals surface area (Å²) in [7, 11) is 1.58. The largest absolute Gasteiger partial charge is 0.484 e. The van der Waals surface area contributed by atoms with Crippen molar-refractivity contribution in [3.05, 3.63) is 29.8 Å². The van der Waals surface area contributed by atoms with Crippen LogP contribution in [0.3, 0.4) is 0 Å². The summed E-state index contributed by atoms with van der Waals surface area (Å²) < 4.78 is 11.0. The molecule has 1 aromatic carbocycles. The number of benzene rings is 1. The normalized spacial score (nSPS) is 24.0. The number of hydrogen-bond acceptors (Lipinski definition) is 4. The van der Waals surface area contributed by atoms with Crippen LogP contribution < -0.4 is 4.74 Å². The minimum absolute atomic E-state index is 0.0589. The molecular formula is C16H19NO4. The van der Waals surface area contributed by atoms with E-state index in [1.54, 1.807) is 18.1 Å². The highest BCUT2D eigenvalue weighted by Gasteiger charge is 2.46. The third-order valence-corrected chi connectivity index (χ3v) is 4.19. The van der Waals surface area contributed by atoms with Gasteiger partial charge >= 0.3 is 0 Å². The number of fused-ring (bicyclic) bond motifs is 1. The molecule has 2 aliphatic heterocycles. The molecule has 0 bridgehead atoms. The van der Waals surface area contributed by atoms with Gasteiger partial charge in [0.15, 0.2) is 5.78 Å². The summed E-state index contributed by atoms with van der Waals surface area (Å²) in [4.78, 5) is 26.1. The van der Waals surface area contributed by atoms with E-state index in [2.05, 4.69) is 0 Å². The molecule has 1 aromatic rings. The van der Waals surface area contributed by atoms with E-state index in [9.17, 15) is 9.59 Å². The maximum atomic E-state index is 12.3. The summed E-state index contributed by atoms with van der Waals surface area (Å²) in [5.74, 6) is 0.798. The van der Waals surface area contributed by atoms with Gasteiger partial charge in [-0.2, -0.15) is 0 Å². The Morgan fingerprint density at radius 2 is 2.24 bits per heavy atom. The standard InChI is InChI=1S/C16H19NO4/c1-20-9-6-15(19)17-8-7-16(11-17)10-13(18)12-4-2-3-5-14(12)21-16/h2-5H,6-11H2,1H3. The third-order valence-electron chi connectivity index (χ3n) is 4.19. The Morgan fingerprint density at radius 3 is 3.05 bits per heavy atom. The highest BCUT2D eigenvalue weighted by molar-refractivity contribution is 6.00. The van der Waals surface area contributed by atoms with Gasteiger partial charge in [0.05, 0.1) is 31.6 Å². The average Bonchev–Trinajstić information content (AvgIpc) is 2.88. The summed E-state index contributed by atoms with van der Waals surface area (Å²) in [6, 6.07) is 7.32. The average molecular weight is 289 g/mol. The molecule has 0 aliphatic carbocycles. The van der Waals surface area contributed by atoms with Gasteiger partial charge in [-0.3, -0.25) is 9.59 Å². The van der Waals surface area contributed by atoms with Gasteiger partial charge in [0.2, 0.25) is 5.91 Å². The minimum Gasteiger partial charge on any atom is -0.484 e. The zero-order chi connectivity index (χ0) is 14.9. The Bertz CT molecular complexity index is 571. The van der Waals surface area contributed by atoms with E-state index in [0.29, 0.717) is 50.3 Å². The number of carbonyl (C=O) groups excluding carboxylic acids is 2. The fourth-order valence-electron chi connectivity index (χ4n) is 3.08. The van der Waals surface area contributed by atoms with Crippen LogP contribution in [0.1, 0.15) is 29.6 Å². The summed E-state index contributed by atoms with van der Waals surface area (Å²) in [5.41, 5.74) is 0.0982. The summed E-state index contributed by atoms with van der Waals surface area (Å²) in [5, 5.41) is 0. The fourth-order valence-corrected chi connectivity index (χ4v) is 3.08. The van der Waals surface area contributed by atoms with Crippen LogP contribution in [0.2, 0.25) is 0 Å². The summed E-state index contributed by atoms with van der Waals surface area (Å²) >= 11 is 0. The van der Waals surface area contributed by atoms with E-state index >= 15 is 0 Å². The molecule has 1 spiro atoms. The van der Waals surface area contributed by atoms with Crippen LogP contribution in [0, 0.1) is 0 Å². The van der Waals surface area contributed by atoms with E-state index in [1.165, 1.54) is 0 Å². The van der Waals surface area contributed by atoms with Crippen molar-refractivity contribution in [1.29, 1.82) is 0 Å². The number of amides is 1. The molecule has 0 N–H and O–H groups in total. The number of Topliss-reactive ketones (excluding diaryl/α,β-unsaturated/α-hetero) is 1. The number of likely N-dealkylation sites (tertiary alicyclic amines) is 1. The van der Waals surface area contributed by atoms with Crippen molar-refractivity contribution >= 4 is 11.7 Å². The maximum Gasteiger partial charge on any atom is 0.225 e. The first kappa shape index (κ1) is 14.1. The second-order valence-corrected chi connectivity index (χ2v) is 5.69.